The number of hydrogen-bond acceptors (Lipinski definition) is 2. The monoisotopic (exact) mass is 423 g/mol. The fraction of sp³-hybridized carbons (Fsp3) is 0.167. The van der Waals surface area contributed by atoms with E-state index in [-0.39, 0.29) is 11.6 Å². The maximum atomic E-state index is 13.9. The molecule has 0 radical (unpaired) electrons. The first kappa shape index (κ1) is 16.2. The van der Waals surface area contributed by atoms with Gasteiger partial charge in [0.05, 0.1) is 16.1 Å². The van der Waals surface area contributed by atoms with Gasteiger partial charge < -0.3 is 4.57 Å². The van der Waals surface area contributed by atoms with E-state index < -0.39 is 0 Å². The smallest absolute Gasteiger partial charge is 0.180 e. The highest BCUT2D eigenvalue weighted by atomic mass is 79.9. The van der Waals surface area contributed by atoms with Gasteiger partial charge >= 0.3 is 0 Å². The van der Waals surface area contributed by atoms with E-state index in [1.807, 2.05) is 28.8 Å². The average Bonchev–Trinajstić information content (AvgIpc) is 2.85. The second kappa shape index (κ2) is 6.21. The van der Waals surface area contributed by atoms with Gasteiger partial charge in [0, 0.05) is 32.7 Å². The van der Waals surface area contributed by atoms with E-state index in [1.54, 1.807) is 0 Å². The predicted molar refractivity (Wildman–Crippen MR) is 98.7 cm³/mol. The molecule has 0 bridgehead atoms. The van der Waals surface area contributed by atoms with E-state index in [4.69, 9.17) is 11.6 Å². The summed E-state index contributed by atoms with van der Waals surface area (Å²) in [5, 5.41) is 1.56. The number of fused-ring (bicyclic) bond motifs is 3. The van der Waals surface area contributed by atoms with E-state index in [2.05, 4.69) is 15.9 Å². The van der Waals surface area contributed by atoms with Crippen LogP contribution in [0, 0.1) is 5.82 Å². The van der Waals surface area contributed by atoms with Gasteiger partial charge in [-0.05, 0) is 58.7 Å². The number of carbonyl (C=O) groups excluding carboxylic acids is 1. The third-order valence-corrected chi connectivity index (χ3v) is 6.11. The highest BCUT2D eigenvalue weighted by molar-refractivity contribution is 9.10. The van der Waals surface area contributed by atoms with Gasteiger partial charge in [0.15, 0.2) is 5.78 Å². The molecule has 2 nitrogen and oxygen atoms in total. The quantitative estimate of drug-likeness (QED) is 0.480. The molecule has 0 unspecified atom stereocenters. The molecule has 1 aliphatic rings. The van der Waals surface area contributed by atoms with Crippen LogP contribution >= 0.6 is 39.3 Å². The van der Waals surface area contributed by atoms with Crippen LogP contribution in [-0.2, 0) is 6.54 Å². The number of carbonyl (C=O) groups is 1. The summed E-state index contributed by atoms with van der Waals surface area (Å²) in [5.41, 5.74) is 1.45. The normalized spacial score (nSPS) is 14.2. The molecule has 0 N–H and O–H groups in total. The van der Waals surface area contributed by atoms with Crippen LogP contribution in [-0.4, -0.2) is 10.4 Å². The third-order valence-electron chi connectivity index (χ3n) is 4.12. The second-order valence-electron chi connectivity index (χ2n) is 5.69. The van der Waals surface area contributed by atoms with Crippen LogP contribution in [0.15, 0.2) is 50.7 Å². The maximum Gasteiger partial charge on any atom is 0.180 e. The van der Waals surface area contributed by atoms with Crippen molar-refractivity contribution in [2.75, 3.05) is 0 Å². The van der Waals surface area contributed by atoms with E-state index in [1.165, 1.54) is 23.9 Å². The molecule has 0 saturated carbocycles. The Bertz CT molecular complexity index is 968. The minimum atomic E-state index is -0.309. The van der Waals surface area contributed by atoms with Crippen molar-refractivity contribution >= 4 is 56.0 Å². The Kier molecular flexibility index (Phi) is 4.19. The molecule has 2 aromatic carbocycles. The van der Waals surface area contributed by atoms with E-state index >= 15 is 0 Å². The molecule has 3 aromatic rings. The van der Waals surface area contributed by atoms with Crippen LogP contribution in [0.3, 0.4) is 0 Å². The summed E-state index contributed by atoms with van der Waals surface area (Å²) in [4.78, 5) is 14.4. The van der Waals surface area contributed by atoms with E-state index in [0.717, 1.165) is 33.7 Å². The van der Waals surface area contributed by atoms with Crippen molar-refractivity contribution in [1.29, 1.82) is 0 Å². The SMILES string of the molecule is O=C1CCCn2c1c(Sc1ccc(Cl)cc1)c1c(Br)cc(F)cc12. The summed E-state index contributed by atoms with van der Waals surface area (Å²) in [5.74, 6) is -0.197. The zero-order chi connectivity index (χ0) is 16.8. The van der Waals surface area contributed by atoms with E-state index in [9.17, 15) is 9.18 Å². The molecular formula is C18H12BrClFNOS. The molecule has 4 rings (SSSR count). The van der Waals surface area contributed by atoms with Gasteiger partial charge in [0.2, 0.25) is 0 Å². The Balaban J connectivity index is 1.97. The second-order valence-corrected chi connectivity index (χ2v) is 8.07. The Morgan fingerprint density at radius 3 is 2.71 bits per heavy atom. The van der Waals surface area contributed by atoms with Crippen molar-refractivity contribution in [3.05, 3.63) is 57.4 Å². The summed E-state index contributed by atoms with van der Waals surface area (Å²) in [6.07, 6.45) is 1.32. The predicted octanol–water partition coefficient (Wildman–Crippen LogP) is 6.32. The summed E-state index contributed by atoms with van der Waals surface area (Å²) < 4.78 is 16.5. The van der Waals surface area contributed by atoms with Gasteiger partial charge in [-0.2, -0.15) is 0 Å². The van der Waals surface area contributed by atoms with Crippen LogP contribution < -0.4 is 0 Å². The molecule has 6 heteroatoms. The molecule has 122 valence electrons. The lowest BCUT2D eigenvalue weighted by molar-refractivity contribution is 0.0952. The molecule has 0 fully saturated rings. The molecule has 1 aromatic heterocycles. The van der Waals surface area contributed by atoms with E-state index in [0.29, 0.717) is 21.6 Å². The number of rotatable bonds is 2. The molecule has 0 atom stereocenters. The molecule has 1 aliphatic heterocycles. The first-order valence-corrected chi connectivity index (χ1v) is 9.51. The van der Waals surface area contributed by atoms with Gasteiger partial charge in [-0.3, -0.25) is 4.79 Å². The number of hydrogen-bond donors (Lipinski definition) is 0. The number of aromatic nitrogens is 1. The summed E-state index contributed by atoms with van der Waals surface area (Å²) in [6, 6.07) is 10.5. The highest BCUT2D eigenvalue weighted by Gasteiger charge is 2.27. The molecule has 0 saturated heterocycles. The first-order chi connectivity index (χ1) is 11.5. The minimum absolute atomic E-state index is 0.112. The molecular weight excluding hydrogens is 413 g/mol. The zero-order valence-corrected chi connectivity index (χ0v) is 15.6. The molecule has 0 spiro atoms. The van der Waals surface area contributed by atoms with Crippen molar-refractivity contribution in [1.82, 2.24) is 4.57 Å². The first-order valence-electron chi connectivity index (χ1n) is 7.52. The topological polar surface area (TPSA) is 22.0 Å². The molecule has 24 heavy (non-hydrogen) atoms. The van der Waals surface area contributed by atoms with Crippen LogP contribution in [0.25, 0.3) is 10.9 Å². The zero-order valence-electron chi connectivity index (χ0n) is 12.5. The largest absolute Gasteiger partial charge is 0.337 e. The van der Waals surface area contributed by atoms with Crippen LogP contribution in [0.1, 0.15) is 23.3 Å². The Labute approximate surface area is 156 Å². The number of nitrogens with zero attached hydrogens (tertiary/aromatic N) is 1. The summed E-state index contributed by atoms with van der Waals surface area (Å²) in [7, 11) is 0. The summed E-state index contributed by atoms with van der Waals surface area (Å²) >= 11 is 10.9. The molecule has 0 amide bonds. The fourth-order valence-corrected chi connectivity index (χ4v) is 5.13. The Hall–Kier alpha value is -1.30. The number of aryl methyl sites for hydroxylation is 1. The summed E-state index contributed by atoms with van der Waals surface area (Å²) in [6.45, 7) is 0.731. The van der Waals surface area contributed by atoms with Crippen molar-refractivity contribution in [3.63, 3.8) is 0 Å². The molecule has 0 aliphatic carbocycles. The van der Waals surface area contributed by atoms with Crippen LogP contribution in [0.4, 0.5) is 4.39 Å². The highest BCUT2D eigenvalue weighted by Crippen LogP contribution is 2.44. The number of Topliss-reactive ketones (excluding diaryl/α,β-unsaturated/α-hetero) is 1. The van der Waals surface area contributed by atoms with Gasteiger partial charge in [-0.1, -0.05) is 23.4 Å². The average molecular weight is 425 g/mol. The van der Waals surface area contributed by atoms with Gasteiger partial charge in [0.25, 0.3) is 0 Å². The lowest BCUT2D eigenvalue weighted by atomic mass is 10.1. The van der Waals surface area contributed by atoms with Gasteiger partial charge in [0.1, 0.15) is 5.82 Å². The third kappa shape index (κ3) is 2.68. The fourth-order valence-electron chi connectivity index (χ4n) is 3.10. The van der Waals surface area contributed by atoms with Crippen molar-refractivity contribution in [2.24, 2.45) is 0 Å². The van der Waals surface area contributed by atoms with Crippen LogP contribution in [0.5, 0.6) is 0 Å². The van der Waals surface area contributed by atoms with Gasteiger partial charge in [-0.25, -0.2) is 4.39 Å². The maximum absolute atomic E-state index is 13.9. The number of halogens is 3. The minimum Gasteiger partial charge on any atom is -0.337 e. The lowest BCUT2D eigenvalue weighted by Gasteiger charge is -2.16. The Morgan fingerprint density at radius 2 is 1.96 bits per heavy atom. The van der Waals surface area contributed by atoms with Gasteiger partial charge in [-0.15, -0.1) is 0 Å². The molecule has 2 heterocycles. The number of ketones is 1. The lowest BCUT2D eigenvalue weighted by Crippen LogP contribution is -2.16. The van der Waals surface area contributed by atoms with Crippen molar-refractivity contribution in [3.8, 4) is 0 Å². The Morgan fingerprint density at radius 1 is 1.21 bits per heavy atom. The van der Waals surface area contributed by atoms with Crippen LogP contribution in [0.2, 0.25) is 5.02 Å². The van der Waals surface area contributed by atoms with Crippen molar-refractivity contribution in [2.45, 2.75) is 29.2 Å². The standard InChI is InChI=1S/C18H12BrClFNOS/c19-13-8-11(21)9-14-16(13)18(17-15(23)2-1-7-22(14)17)24-12-5-3-10(20)4-6-12/h3-6,8-9H,1-2,7H2. The van der Waals surface area contributed by atoms with Crippen molar-refractivity contribution < 1.29 is 9.18 Å². The number of benzene rings is 2.